The molecule has 1 saturated carbocycles. The van der Waals surface area contributed by atoms with Crippen LogP contribution in [0.2, 0.25) is 0 Å². The largest absolute Gasteiger partial charge is 0.358 e. The number of aromatic nitrogens is 1. The van der Waals surface area contributed by atoms with Gasteiger partial charge < -0.3 is 15.4 Å². The maximum Gasteiger partial charge on any atom is 0.323 e. The van der Waals surface area contributed by atoms with Crippen LogP contribution in [-0.4, -0.2) is 26.3 Å². The highest BCUT2D eigenvalue weighted by Gasteiger charge is 2.36. The summed E-state index contributed by atoms with van der Waals surface area (Å²) in [7, 11) is 1.54. The highest BCUT2D eigenvalue weighted by molar-refractivity contribution is 9.09. The third-order valence-electron chi connectivity index (χ3n) is 4.38. The maximum atomic E-state index is 12.4. The molecule has 1 heterocycles. The summed E-state index contributed by atoms with van der Waals surface area (Å²) in [6.45, 7) is 2.22. The first kappa shape index (κ1) is 16.0. The van der Waals surface area contributed by atoms with Crippen LogP contribution < -0.4 is 5.32 Å². The molecule has 1 amide bonds. The second-order valence-corrected chi connectivity index (χ2v) is 6.50. The predicted molar refractivity (Wildman–Crippen MR) is 83.7 cm³/mol. The lowest BCUT2D eigenvalue weighted by atomic mass is 9.78. The normalized spacial score (nSPS) is 25.6. The van der Waals surface area contributed by atoms with Crippen LogP contribution >= 0.6 is 15.9 Å². The van der Waals surface area contributed by atoms with Crippen LogP contribution in [0, 0.1) is 16.0 Å². The second-order valence-electron chi connectivity index (χ2n) is 5.94. The van der Waals surface area contributed by atoms with Gasteiger partial charge in [0.05, 0.1) is 12.6 Å². The Labute approximate surface area is 132 Å². The molecule has 0 bridgehead atoms. The zero-order valence-corrected chi connectivity index (χ0v) is 13.9. The molecule has 6 nitrogen and oxygen atoms in total. The van der Waals surface area contributed by atoms with Crippen LogP contribution in [0.1, 0.15) is 43.1 Å². The van der Waals surface area contributed by atoms with Crippen molar-refractivity contribution in [3.63, 3.8) is 0 Å². The molecule has 0 aromatic carbocycles. The molecule has 1 fully saturated rings. The fourth-order valence-electron chi connectivity index (χ4n) is 2.82. The summed E-state index contributed by atoms with van der Waals surface area (Å²) in [6.07, 6.45) is 4.02. The van der Waals surface area contributed by atoms with E-state index in [1.807, 2.05) is 0 Å². The Kier molecular flexibility index (Phi) is 4.70. The molecule has 0 aliphatic heterocycles. The summed E-state index contributed by atoms with van der Waals surface area (Å²) in [5, 5.41) is 14.6. The Bertz CT molecular complexity index is 548. The Morgan fingerprint density at radius 2 is 2.14 bits per heavy atom. The number of nitro groups is 1. The Morgan fingerprint density at radius 3 is 2.62 bits per heavy atom. The summed E-state index contributed by atoms with van der Waals surface area (Å²) in [4.78, 5) is 22.8. The minimum Gasteiger partial charge on any atom is -0.358 e. The van der Waals surface area contributed by atoms with Crippen molar-refractivity contribution < 1.29 is 9.72 Å². The van der Waals surface area contributed by atoms with E-state index in [1.165, 1.54) is 23.7 Å². The number of hydrogen-bond acceptors (Lipinski definition) is 3. The number of carbonyl (C=O) groups excluding carboxylic acids is 1. The molecular formula is C14H20BrN3O3. The molecule has 0 saturated heterocycles. The van der Waals surface area contributed by atoms with E-state index in [9.17, 15) is 14.9 Å². The molecule has 1 N–H and O–H groups in total. The molecule has 1 aromatic rings. The third-order valence-corrected chi connectivity index (χ3v) is 5.45. The van der Waals surface area contributed by atoms with E-state index < -0.39 is 4.92 Å². The zero-order valence-electron chi connectivity index (χ0n) is 12.3. The quantitative estimate of drug-likeness (QED) is 0.511. The summed E-state index contributed by atoms with van der Waals surface area (Å²) < 4.78 is 1.32. The predicted octanol–water partition coefficient (Wildman–Crippen LogP) is 3.01. The first-order chi connectivity index (χ1) is 9.88. The van der Waals surface area contributed by atoms with Gasteiger partial charge in [0, 0.05) is 11.4 Å². The zero-order chi connectivity index (χ0) is 15.6. The first-order valence-corrected chi connectivity index (χ1v) is 8.19. The molecule has 1 aliphatic rings. The molecule has 1 aromatic heterocycles. The van der Waals surface area contributed by atoms with Crippen molar-refractivity contribution in [3.05, 3.63) is 27.9 Å². The SMILES string of the molecule is CC1CCC(CBr)(NC(=O)c2ccc([N+](=O)[O-])n2C)CC1. The van der Waals surface area contributed by atoms with Gasteiger partial charge in [0.25, 0.3) is 5.91 Å². The molecule has 7 heteroatoms. The van der Waals surface area contributed by atoms with Gasteiger partial charge in [0.15, 0.2) is 5.69 Å². The van der Waals surface area contributed by atoms with Crippen molar-refractivity contribution in [2.45, 2.75) is 38.1 Å². The van der Waals surface area contributed by atoms with Crippen molar-refractivity contribution in [1.29, 1.82) is 0 Å². The van der Waals surface area contributed by atoms with Crippen molar-refractivity contribution in [1.82, 2.24) is 9.88 Å². The summed E-state index contributed by atoms with van der Waals surface area (Å²) in [5.74, 6) is 0.357. The number of nitrogens with zero attached hydrogens (tertiary/aromatic N) is 2. The molecule has 116 valence electrons. The number of carbonyl (C=O) groups is 1. The standard InChI is InChI=1S/C14H20BrN3O3/c1-10-5-7-14(9-15,8-6-10)16-13(19)11-3-4-12(17(11)2)18(20)21/h3-4,10H,5-9H2,1-2H3,(H,16,19). The van der Waals surface area contributed by atoms with Gasteiger partial charge in [-0.05, 0) is 42.6 Å². The van der Waals surface area contributed by atoms with Gasteiger partial charge in [-0.2, -0.15) is 0 Å². The van der Waals surface area contributed by atoms with Crippen LogP contribution in [0.3, 0.4) is 0 Å². The number of halogens is 1. The van der Waals surface area contributed by atoms with Crippen LogP contribution in [0.25, 0.3) is 0 Å². The molecule has 0 radical (unpaired) electrons. The summed E-state index contributed by atoms with van der Waals surface area (Å²) in [6, 6.07) is 2.86. The molecule has 1 aliphatic carbocycles. The molecular weight excluding hydrogens is 338 g/mol. The van der Waals surface area contributed by atoms with Crippen LogP contribution in [0.5, 0.6) is 0 Å². The Balaban J connectivity index is 2.15. The fourth-order valence-corrected chi connectivity index (χ4v) is 3.52. The lowest BCUT2D eigenvalue weighted by Crippen LogP contribution is -2.52. The molecule has 0 spiro atoms. The molecule has 2 rings (SSSR count). The summed E-state index contributed by atoms with van der Waals surface area (Å²) >= 11 is 3.51. The average Bonchev–Trinajstić information content (AvgIpc) is 2.84. The number of amides is 1. The minimum absolute atomic E-state index is 0.0784. The maximum absolute atomic E-state index is 12.4. The molecule has 0 unspecified atom stereocenters. The van der Waals surface area contributed by atoms with E-state index in [-0.39, 0.29) is 17.3 Å². The minimum atomic E-state index is -0.487. The van der Waals surface area contributed by atoms with Crippen molar-refractivity contribution >= 4 is 27.7 Å². The summed E-state index contributed by atoms with van der Waals surface area (Å²) in [5.41, 5.74) is 0.0727. The molecule has 21 heavy (non-hydrogen) atoms. The van der Waals surface area contributed by atoms with E-state index in [0.29, 0.717) is 16.9 Å². The van der Waals surface area contributed by atoms with Crippen molar-refractivity contribution in [2.24, 2.45) is 13.0 Å². The number of nitrogens with one attached hydrogen (secondary N) is 1. The van der Waals surface area contributed by atoms with Gasteiger partial charge in [0.1, 0.15) is 0 Å². The van der Waals surface area contributed by atoms with Gasteiger partial charge in [-0.3, -0.25) is 4.79 Å². The van der Waals surface area contributed by atoms with Gasteiger partial charge in [-0.25, -0.2) is 4.57 Å². The van der Waals surface area contributed by atoms with E-state index in [0.717, 1.165) is 25.7 Å². The van der Waals surface area contributed by atoms with Crippen LogP contribution in [-0.2, 0) is 7.05 Å². The highest BCUT2D eigenvalue weighted by atomic mass is 79.9. The van der Waals surface area contributed by atoms with Gasteiger partial charge in [0.2, 0.25) is 0 Å². The lowest BCUT2D eigenvalue weighted by molar-refractivity contribution is -0.391. The Morgan fingerprint density at radius 1 is 1.52 bits per heavy atom. The number of rotatable bonds is 4. The topological polar surface area (TPSA) is 77.2 Å². The van der Waals surface area contributed by atoms with Gasteiger partial charge >= 0.3 is 5.82 Å². The number of alkyl halides is 1. The fraction of sp³-hybridized carbons (Fsp3) is 0.643. The van der Waals surface area contributed by atoms with E-state index in [2.05, 4.69) is 28.2 Å². The van der Waals surface area contributed by atoms with E-state index in [4.69, 9.17) is 0 Å². The van der Waals surface area contributed by atoms with Crippen molar-refractivity contribution in [2.75, 3.05) is 5.33 Å². The smallest absolute Gasteiger partial charge is 0.323 e. The van der Waals surface area contributed by atoms with Gasteiger partial charge in [-0.1, -0.05) is 22.9 Å². The third kappa shape index (κ3) is 3.28. The van der Waals surface area contributed by atoms with Crippen LogP contribution in [0.15, 0.2) is 12.1 Å². The molecule has 0 atom stereocenters. The Hall–Kier alpha value is -1.37. The van der Waals surface area contributed by atoms with Crippen molar-refractivity contribution in [3.8, 4) is 0 Å². The second kappa shape index (κ2) is 6.17. The first-order valence-electron chi connectivity index (χ1n) is 7.07. The monoisotopic (exact) mass is 357 g/mol. The lowest BCUT2D eigenvalue weighted by Gasteiger charge is -2.38. The average molecular weight is 358 g/mol. The number of hydrogen-bond donors (Lipinski definition) is 1. The highest BCUT2D eigenvalue weighted by Crippen LogP contribution is 2.33. The van der Waals surface area contributed by atoms with Gasteiger partial charge in [-0.15, -0.1) is 0 Å². The van der Waals surface area contributed by atoms with E-state index >= 15 is 0 Å². The van der Waals surface area contributed by atoms with E-state index in [1.54, 1.807) is 0 Å². The van der Waals surface area contributed by atoms with Crippen LogP contribution in [0.4, 0.5) is 5.82 Å².